The van der Waals surface area contributed by atoms with Gasteiger partial charge in [-0.25, -0.2) is 0 Å². The molecule has 8 nitrogen and oxygen atoms in total. The molecule has 1 aliphatic heterocycles. The Kier molecular flexibility index (Phi) is 5.38. The molecule has 0 bridgehead atoms. The van der Waals surface area contributed by atoms with Crippen LogP contribution in [0.3, 0.4) is 0 Å². The Morgan fingerprint density at radius 2 is 1.94 bits per heavy atom. The molecule has 1 aliphatic rings. The Balaban J connectivity index is 1.17. The average molecular weight is 417 g/mol. The van der Waals surface area contributed by atoms with Gasteiger partial charge in [0, 0.05) is 48.7 Å². The first kappa shape index (κ1) is 19.7. The first-order valence-electron chi connectivity index (χ1n) is 11.0. The zero-order chi connectivity index (χ0) is 21.2. The molecule has 8 heteroatoms. The molecule has 5 rings (SSSR count). The van der Waals surface area contributed by atoms with Gasteiger partial charge in [-0.1, -0.05) is 36.4 Å². The molecule has 0 aliphatic carbocycles. The number of hydrogen-bond donors (Lipinski definition) is 1. The van der Waals surface area contributed by atoms with E-state index < -0.39 is 0 Å². The summed E-state index contributed by atoms with van der Waals surface area (Å²) < 4.78 is 1.50. The Morgan fingerprint density at radius 1 is 1.06 bits per heavy atom. The van der Waals surface area contributed by atoms with E-state index >= 15 is 0 Å². The Labute approximate surface area is 181 Å². The number of piperazine rings is 1. The van der Waals surface area contributed by atoms with E-state index in [1.54, 1.807) is 0 Å². The van der Waals surface area contributed by atoms with Crippen LogP contribution in [0.1, 0.15) is 18.9 Å². The van der Waals surface area contributed by atoms with Crippen molar-refractivity contribution in [3.63, 3.8) is 0 Å². The minimum Gasteiger partial charge on any atom is -0.368 e. The van der Waals surface area contributed by atoms with Gasteiger partial charge in [-0.3, -0.25) is 4.90 Å². The Bertz CT molecular complexity index is 1190. The van der Waals surface area contributed by atoms with E-state index in [-0.39, 0.29) is 0 Å². The van der Waals surface area contributed by atoms with Crippen LogP contribution in [-0.4, -0.2) is 68.9 Å². The van der Waals surface area contributed by atoms with E-state index in [1.807, 2.05) is 18.2 Å². The average Bonchev–Trinajstić information content (AvgIpc) is 3.25. The summed E-state index contributed by atoms with van der Waals surface area (Å²) >= 11 is 0. The minimum absolute atomic E-state index is 0.511. The second kappa shape index (κ2) is 8.47. The van der Waals surface area contributed by atoms with Gasteiger partial charge in [-0.2, -0.15) is 0 Å². The van der Waals surface area contributed by atoms with Gasteiger partial charge >= 0.3 is 0 Å². The topological polar surface area (TPSA) is 74.5 Å². The molecule has 1 fully saturated rings. The third kappa shape index (κ3) is 4.03. The maximum absolute atomic E-state index is 4.56. The van der Waals surface area contributed by atoms with Gasteiger partial charge in [-0.05, 0) is 54.9 Å². The number of tetrazole rings is 1. The summed E-state index contributed by atoms with van der Waals surface area (Å²) in [7, 11) is 0. The SMILES string of the molecule is Cc1cccc(N2CCN(CCCNc3nn4nnnc4c4ccccc34)CC2C)c1. The monoisotopic (exact) mass is 416 g/mol. The number of aromatic nitrogens is 5. The smallest absolute Gasteiger partial charge is 0.207 e. The zero-order valence-electron chi connectivity index (χ0n) is 18.1. The van der Waals surface area contributed by atoms with Crippen molar-refractivity contribution in [1.29, 1.82) is 0 Å². The zero-order valence-corrected chi connectivity index (χ0v) is 18.1. The molecule has 0 saturated carbocycles. The quantitative estimate of drug-likeness (QED) is 0.484. The number of anilines is 2. The predicted molar refractivity (Wildman–Crippen MR) is 124 cm³/mol. The van der Waals surface area contributed by atoms with Gasteiger partial charge in [0.05, 0.1) is 0 Å². The molecule has 1 unspecified atom stereocenters. The number of rotatable bonds is 6. The normalized spacial score (nSPS) is 17.5. The number of hydrogen-bond acceptors (Lipinski definition) is 7. The molecule has 31 heavy (non-hydrogen) atoms. The lowest BCUT2D eigenvalue weighted by molar-refractivity contribution is 0.228. The molecular formula is C23H28N8. The molecule has 1 N–H and O–H groups in total. The highest BCUT2D eigenvalue weighted by molar-refractivity contribution is 5.99. The lowest BCUT2D eigenvalue weighted by atomic mass is 10.1. The van der Waals surface area contributed by atoms with Crippen molar-refractivity contribution in [2.24, 2.45) is 0 Å². The Hall–Kier alpha value is -3.26. The maximum atomic E-state index is 4.56. The lowest BCUT2D eigenvalue weighted by Crippen LogP contribution is -2.52. The van der Waals surface area contributed by atoms with Gasteiger partial charge in [0.15, 0.2) is 5.82 Å². The van der Waals surface area contributed by atoms with E-state index in [0.29, 0.717) is 11.7 Å². The molecular weight excluding hydrogens is 388 g/mol. The molecule has 2 aromatic carbocycles. The van der Waals surface area contributed by atoms with Crippen molar-refractivity contribution in [3.05, 3.63) is 54.1 Å². The van der Waals surface area contributed by atoms with Crippen LogP contribution < -0.4 is 10.2 Å². The summed E-state index contributed by atoms with van der Waals surface area (Å²) in [5.74, 6) is 0.827. The largest absolute Gasteiger partial charge is 0.368 e. The number of nitrogens with zero attached hydrogens (tertiary/aromatic N) is 7. The van der Waals surface area contributed by atoms with Crippen LogP contribution in [0, 0.1) is 6.92 Å². The minimum atomic E-state index is 0.511. The number of fused-ring (bicyclic) bond motifs is 3. The van der Waals surface area contributed by atoms with Crippen molar-refractivity contribution >= 4 is 27.9 Å². The van der Waals surface area contributed by atoms with Gasteiger partial charge in [0.2, 0.25) is 5.65 Å². The summed E-state index contributed by atoms with van der Waals surface area (Å²) in [6, 6.07) is 17.4. The number of benzene rings is 2. The molecule has 1 saturated heterocycles. The van der Waals surface area contributed by atoms with Crippen LogP contribution in [0.4, 0.5) is 11.5 Å². The first-order chi connectivity index (χ1) is 15.2. The van der Waals surface area contributed by atoms with Gasteiger partial charge in [-0.15, -0.1) is 14.8 Å². The van der Waals surface area contributed by atoms with E-state index in [0.717, 1.165) is 55.7 Å². The highest BCUT2D eigenvalue weighted by Gasteiger charge is 2.23. The van der Waals surface area contributed by atoms with Crippen LogP contribution in [0.5, 0.6) is 0 Å². The van der Waals surface area contributed by atoms with E-state index in [1.165, 1.54) is 15.9 Å². The maximum Gasteiger partial charge on any atom is 0.207 e. The molecule has 160 valence electrons. The van der Waals surface area contributed by atoms with Crippen LogP contribution >= 0.6 is 0 Å². The van der Waals surface area contributed by atoms with Crippen molar-refractivity contribution in [2.75, 3.05) is 42.9 Å². The lowest BCUT2D eigenvalue weighted by Gasteiger charge is -2.41. The third-order valence-corrected chi connectivity index (χ3v) is 6.06. The fourth-order valence-electron chi connectivity index (χ4n) is 4.51. The molecule has 0 radical (unpaired) electrons. The third-order valence-electron chi connectivity index (χ3n) is 6.06. The number of nitrogens with one attached hydrogen (secondary N) is 1. The molecule has 1 atom stereocenters. The van der Waals surface area contributed by atoms with Gasteiger partial charge < -0.3 is 10.2 Å². The highest BCUT2D eigenvalue weighted by atomic mass is 15.6. The van der Waals surface area contributed by atoms with E-state index in [9.17, 15) is 0 Å². The van der Waals surface area contributed by atoms with Crippen LogP contribution in [0.2, 0.25) is 0 Å². The van der Waals surface area contributed by atoms with Crippen LogP contribution in [0.15, 0.2) is 48.5 Å². The van der Waals surface area contributed by atoms with Crippen LogP contribution in [-0.2, 0) is 0 Å². The molecule has 4 aromatic rings. The molecule has 2 aromatic heterocycles. The second-order valence-electron chi connectivity index (χ2n) is 8.35. The van der Waals surface area contributed by atoms with Gasteiger partial charge in [0.1, 0.15) is 0 Å². The first-order valence-corrected chi connectivity index (χ1v) is 11.0. The van der Waals surface area contributed by atoms with Crippen molar-refractivity contribution in [2.45, 2.75) is 26.3 Å². The van der Waals surface area contributed by atoms with Crippen LogP contribution in [0.25, 0.3) is 16.4 Å². The molecule has 0 amide bonds. The summed E-state index contributed by atoms with van der Waals surface area (Å²) in [5, 5.41) is 21.9. The van der Waals surface area contributed by atoms with Gasteiger partial charge in [0.25, 0.3) is 0 Å². The van der Waals surface area contributed by atoms with Crippen molar-refractivity contribution < 1.29 is 0 Å². The summed E-state index contributed by atoms with van der Waals surface area (Å²) in [6.45, 7) is 9.67. The number of aryl methyl sites for hydroxylation is 1. The fraction of sp³-hybridized carbons (Fsp3) is 0.391. The highest BCUT2D eigenvalue weighted by Crippen LogP contribution is 2.24. The summed E-state index contributed by atoms with van der Waals surface area (Å²) in [4.78, 5) is 5.09. The molecule has 0 spiro atoms. The Morgan fingerprint density at radius 3 is 2.77 bits per heavy atom. The molecule has 3 heterocycles. The van der Waals surface area contributed by atoms with E-state index in [2.05, 4.69) is 79.9 Å². The second-order valence-corrected chi connectivity index (χ2v) is 8.35. The summed E-state index contributed by atoms with van der Waals surface area (Å²) in [6.07, 6.45) is 1.06. The standard InChI is InChI=1S/C23H28N8/c1-17-7-5-8-19(15-17)30-14-13-29(16-18(30)2)12-6-11-24-22-20-9-3-4-10-21(20)23-25-27-28-31(23)26-22/h3-5,7-10,15,18H,6,11-14,16H2,1-2H3,(H,24,26). The summed E-state index contributed by atoms with van der Waals surface area (Å²) in [5.41, 5.74) is 3.34. The van der Waals surface area contributed by atoms with Crippen molar-refractivity contribution in [3.8, 4) is 0 Å². The van der Waals surface area contributed by atoms with E-state index in [4.69, 9.17) is 0 Å². The predicted octanol–water partition coefficient (Wildman–Crippen LogP) is 2.99. The fourth-order valence-corrected chi connectivity index (χ4v) is 4.51. The van der Waals surface area contributed by atoms with Crippen molar-refractivity contribution in [1.82, 2.24) is 30.2 Å².